The Morgan fingerprint density at radius 3 is 2.56 bits per heavy atom. The molecule has 0 aliphatic carbocycles. The minimum Gasteiger partial charge on any atom is -0.394 e. The standard InChI is InChI=1S/C13H16N4O/c1-13(2,9-6-4-3-5-7-9)12(18)16-11-10(14)8-15-17-11/h3-8H,14H2,1-2H3,(H2,15,16,17,18). The molecule has 2 rings (SSSR count). The lowest BCUT2D eigenvalue weighted by Crippen LogP contribution is -2.35. The number of nitrogens with one attached hydrogen (secondary N) is 2. The average molecular weight is 244 g/mol. The molecular weight excluding hydrogens is 228 g/mol. The molecule has 0 radical (unpaired) electrons. The molecule has 1 amide bonds. The molecular formula is C13H16N4O. The van der Waals surface area contributed by atoms with Gasteiger partial charge in [0.1, 0.15) is 0 Å². The van der Waals surface area contributed by atoms with Crippen LogP contribution in [-0.4, -0.2) is 16.1 Å². The number of rotatable bonds is 3. The molecule has 0 atom stereocenters. The van der Waals surface area contributed by atoms with Crippen LogP contribution in [0.5, 0.6) is 0 Å². The van der Waals surface area contributed by atoms with Gasteiger partial charge in [0.25, 0.3) is 0 Å². The number of anilines is 2. The summed E-state index contributed by atoms with van der Waals surface area (Å²) in [4.78, 5) is 12.3. The molecule has 0 bridgehead atoms. The molecule has 0 aliphatic heterocycles. The van der Waals surface area contributed by atoms with Crippen molar-refractivity contribution in [2.24, 2.45) is 0 Å². The number of amides is 1. The summed E-state index contributed by atoms with van der Waals surface area (Å²) in [6, 6.07) is 9.60. The van der Waals surface area contributed by atoms with Crippen LogP contribution in [0.25, 0.3) is 0 Å². The number of H-pyrrole nitrogens is 1. The predicted octanol–water partition coefficient (Wildman–Crippen LogP) is 1.91. The number of hydrogen-bond acceptors (Lipinski definition) is 3. The average Bonchev–Trinajstić information content (AvgIpc) is 2.76. The van der Waals surface area contributed by atoms with Gasteiger partial charge in [-0.05, 0) is 19.4 Å². The van der Waals surface area contributed by atoms with Crippen molar-refractivity contribution in [3.05, 3.63) is 42.1 Å². The summed E-state index contributed by atoms with van der Waals surface area (Å²) in [7, 11) is 0. The number of nitrogen functional groups attached to an aromatic ring is 1. The molecule has 18 heavy (non-hydrogen) atoms. The number of benzene rings is 1. The molecule has 0 spiro atoms. The minimum atomic E-state index is -0.640. The Morgan fingerprint density at radius 2 is 2.00 bits per heavy atom. The lowest BCUT2D eigenvalue weighted by molar-refractivity contribution is -0.120. The maximum absolute atomic E-state index is 12.3. The summed E-state index contributed by atoms with van der Waals surface area (Å²) in [5, 5.41) is 9.16. The normalized spacial score (nSPS) is 11.2. The van der Waals surface area contributed by atoms with Gasteiger partial charge < -0.3 is 11.1 Å². The van der Waals surface area contributed by atoms with E-state index in [1.165, 1.54) is 6.20 Å². The fourth-order valence-electron chi connectivity index (χ4n) is 1.65. The highest BCUT2D eigenvalue weighted by molar-refractivity contribution is 5.99. The van der Waals surface area contributed by atoms with Crippen LogP contribution in [0.1, 0.15) is 19.4 Å². The maximum atomic E-state index is 12.3. The number of carbonyl (C=O) groups excluding carboxylic acids is 1. The van der Waals surface area contributed by atoms with E-state index < -0.39 is 5.41 Å². The molecule has 94 valence electrons. The second-order valence-electron chi connectivity index (χ2n) is 4.65. The topological polar surface area (TPSA) is 83.8 Å². The minimum absolute atomic E-state index is 0.135. The van der Waals surface area contributed by atoms with Crippen molar-refractivity contribution in [1.82, 2.24) is 10.2 Å². The summed E-state index contributed by atoms with van der Waals surface area (Å²) in [5.74, 6) is 0.300. The molecule has 0 aliphatic rings. The van der Waals surface area contributed by atoms with Crippen LogP contribution >= 0.6 is 0 Å². The SMILES string of the molecule is CC(C)(C(=O)Nc1[nH]ncc1N)c1ccccc1. The monoisotopic (exact) mass is 244 g/mol. The lowest BCUT2D eigenvalue weighted by atomic mass is 9.84. The molecule has 0 unspecified atom stereocenters. The Labute approximate surface area is 105 Å². The van der Waals surface area contributed by atoms with Crippen LogP contribution in [0.15, 0.2) is 36.5 Å². The molecule has 1 heterocycles. The van der Waals surface area contributed by atoms with E-state index in [4.69, 9.17) is 5.73 Å². The molecule has 5 heteroatoms. The van der Waals surface area contributed by atoms with E-state index >= 15 is 0 Å². The zero-order chi connectivity index (χ0) is 13.2. The Hall–Kier alpha value is -2.30. The molecule has 5 nitrogen and oxygen atoms in total. The first-order valence-electron chi connectivity index (χ1n) is 5.67. The van der Waals surface area contributed by atoms with Crippen molar-refractivity contribution in [2.45, 2.75) is 19.3 Å². The lowest BCUT2D eigenvalue weighted by Gasteiger charge is -2.23. The van der Waals surface area contributed by atoms with Gasteiger partial charge in [-0.15, -0.1) is 0 Å². The third-order valence-electron chi connectivity index (χ3n) is 2.97. The van der Waals surface area contributed by atoms with Gasteiger partial charge in [0, 0.05) is 0 Å². The second-order valence-corrected chi connectivity index (χ2v) is 4.65. The van der Waals surface area contributed by atoms with Crippen molar-refractivity contribution < 1.29 is 4.79 Å². The molecule has 0 saturated heterocycles. The quantitative estimate of drug-likeness (QED) is 0.771. The van der Waals surface area contributed by atoms with Crippen molar-refractivity contribution in [3.8, 4) is 0 Å². The van der Waals surface area contributed by atoms with Crippen molar-refractivity contribution in [2.75, 3.05) is 11.1 Å². The Morgan fingerprint density at radius 1 is 1.33 bits per heavy atom. The van der Waals surface area contributed by atoms with Crippen LogP contribution in [0.2, 0.25) is 0 Å². The summed E-state index contributed by atoms with van der Waals surface area (Å²) >= 11 is 0. The Balaban J connectivity index is 2.21. The molecule has 1 aromatic carbocycles. The highest BCUT2D eigenvalue weighted by Crippen LogP contribution is 2.25. The van der Waals surface area contributed by atoms with E-state index in [0.29, 0.717) is 11.5 Å². The number of aromatic nitrogens is 2. The number of aromatic amines is 1. The van der Waals surface area contributed by atoms with Crippen molar-refractivity contribution >= 4 is 17.4 Å². The zero-order valence-corrected chi connectivity index (χ0v) is 10.4. The first-order chi connectivity index (χ1) is 8.51. The van der Waals surface area contributed by atoms with Gasteiger partial charge in [0.15, 0.2) is 5.82 Å². The third kappa shape index (κ3) is 2.20. The van der Waals surface area contributed by atoms with Gasteiger partial charge in [-0.2, -0.15) is 5.10 Å². The number of nitrogens with two attached hydrogens (primary N) is 1. The van der Waals surface area contributed by atoms with Crippen molar-refractivity contribution in [3.63, 3.8) is 0 Å². The van der Waals surface area contributed by atoms with Crippen LogP contribution in [0, 0.1) is 0 Å². The number of hydrogen-bond donors (Lipinski definition) is 3. The van der Waals surface area contributed by atoms with E-state index in [2.05, 4.69) is 15.5 Å². The van der Waals surface area contributed by atoms with Crippen LogP contribution in [0.4, 0.5) is 11.5 Å². The highest BCUT2D eigenvalue weighted by atomic mass is 16.2. The summed E-state index contributed by atoms with van der Waals surface area (Å²) < 4.78 is 0. The smallest absolute Gasteiger partial charge is 0.235 e. The third-order valence-corrected chi connectivity index (χ3v) is 2.97. The van der Waals surface area contributed by atoms with Gasteiger partial charge in [0.05, 0.1) is 17.3 Å². The molecule has 4 N–H and O–H groups in total. The van der Waals surface area contributed by atoms with Gasteiger partial charge in [-0.25, -0.2) is 0 Å². The highest BCUT2D eigenvalue weighted by Gasteiger charge is 2.30. The van der Waals surface area contributed by atoms with Crippen LogP contribution in [-0.2, 0) is 10.2 Å². The Bertz CT molecular complexity index is 545. The van der Waals surface area contributed by atoms with Gasteiger partial charge in [-0.3, -0.25) is 9.89 Å². The molecule has 0 fully saturated rings. The van der Waals surface area contributed by atoms with E-state index in [1.54, 1.807) is 0 Å². The summed E-state index contributed by atoms with van der Waals surface area (Å²) in [6.45, 7) is 3.73. The van der Waals surface area contributed by atoms with E-state index in [9.17, 15) is 4.79 Å². The van der Waals surface area contributed by atoms with Gasteiger partial charge >= 0.3 is 0 Å². The zero-order valence-electron chi connectivity index (χ0n) is 10.4. The number of carbonyl (C=O) groups is 1. The van der Waals surface area contributed by atoms with Crippen LogP contribution < -0.4 is 11.1 Å². The maximum Gasteiger partial charge on any atom is 0.235 e. The fraction of sp³-hybridized carbons (Fsp3) is 0.231. The summed E-state index contributed by atoms with van der Waals surface area (Å²) in [5.41, 5.74) is 6.39. The summed E-state index contributed by atoms with van der Waals surface area (Å²) in [6.07, 6.45) is 1.46. The van der Waals surface area contributed by atoms with Gasteiger partial charge in [-0.1, -0.05) is 30.3 Å². The first kappa shape index (κ1) is 12.2. The molecule has 0 saturated carbocycles. The molecule has 2 aromatic rings. The van der Waals surface area contributed by atoms with E-state index in [1.807, 2.05) is 44.2 Å². The van der Waals surface area contributed by atoms with Crippen LogP contribution in [0.3, 0.4) is 0 Å². The first-order valence-corrected chi connectivity index (χ1v) is 5.67. The molecule has 1 aromatic heterocycles. The van der Waals surface area contributed by atoms with E-state index in [-0.39, 0.29) is 5.91 Å². The number of nitrogens with zero attached hydrogens (tertiary/aromatic N) is 1. The second kappa shape index (κ2) is 4.52. The largest absolute Gasteiger partial charge is 0.394 e. The fourth-order valence-corrected chi connectivity index (χ4v) is 1.65. The van der Waals surface area contributed by atoms with E-state index in [0.717, 1.165) is 5.56 Å². The van der Waals surface area contributed by atoms with Crippen molar-refractivity contribution in [1.29, 1.82) is 0 Å². The Kier molecular flexibility index (Phi) is 3.06. The predicted molar refractivity (Wildman–Crippen MR) is 71.1 cm³/mol. The van der Waals surface area contributed by atoms with Gasteiger partial charge in [0.2, 0.25) is 5.91 Å².